The van der Waals surface area contributed by atoms with Gasteiger partial charge in [0.05, 0.1) is 5.92 Å². The molecule has 1 aliphatic carbocycles. The number of nitrogens with zero attached hydrogens (tertiary/aromatic N) is 1. The van der Waals surface area contributed by atoms with Crippen LogP contribution in [-0.2, 0) is 16.0 Å². The smallest absolute Gasteiger partial charge is 0.322 e. The first-order valence-electron chi connectivity index (χ1n) is 7.08. The van der Waals surface area contributed by atoms with Gasteiger partial charge in [-0.25, -0.2) is 5.43 Å². The van der Waals surface area contributed by atoms with Gasteiger partial charge in [0, 0.05) is 12.6 Å². The van der Waals surface area contributed by atoms with Crippen molar-refractivity contribution in [1.82, 2.24) is 10.4 Å². The van der Waals surface area contributed by atoms with Gasteiger partial charge in [-0.15, -0.1) is 0 Å². The van der Waals surface area contributed by atoms with E-state index >= 15 is 0 Å². The van der Waals surface area contributed by atoms with E-state index in [2.05, 4.69) is 5.43 Å². The zero-order valence-electron chi connectivity index (χ0n) is 11.8. The lowest BCUT2D eigenvalue weighted by Crippen LogP contribution is -2.49. The second-order valence-corrected chi connectivity index (χ2v) is 5.27. The summed E-state index contributed by atoms with van der Waals surface area (Å²) in [4.78, 5) is 23.7. The summed E-state index contributed by atoms with van der Waals surface area (Å²) in [5.41, 5.74) is 4.58. The topological polar surface area (TPSA) is 69.6 Å². The second kappa shape index (κ2) is 5.99. The third-order valence-electron chi connectivity index (χ3n) is 3.72. The van der Waals surface area contributed by atoms with Gasteiger partial charge in [0.25, 0.3) is 5.91 Å². The summed E-state index contributed by atoms with van der Waals surface area (Å²) in [7, 11) is 0. The van der Waals surface area contributed by atoms with Crippen molar-refractivity contribution in [2.45, 2.75) is 12.5 Å². The van der Waals surface area contributed by atoms with Gasteiger partial charge in [-0.3, -0.25) is 14.6 Å². The first kappa shape index (κ1) is 14.3. The van der Waals surface area contributed by atoms with Gasteiger partial charge in [0.2, 0.25) is 0 Å². The average molecular weight is 296 g/mol. The minimum absolute atomic E-state index is 0.157. The molecule has 0 saturated heterocycles. The SMILES string of the molecule is O=C(O)[C@H](Cc1ccccc1)NN1C=C2C=CC=CC2C1=O. The lowest BCUT2D eigenvalue weighted by molar-refractivity contribution is -0.142. The number of carbonyl (C=O) groups is 2. The maximum atomic E-state index is 12.3. The molecule has 2 aliphatic rings. The van der Waals surface area contributed by atoms with Crippen molar-refractivity contribution in [1.29, 1.82) is 0 Å². The van der Waals surface area contributed by atoms with Crippen molar-refractivity contribution in [2.75, 3.05) is 0 Å². The van der Waals surface area contributed by atoms with E-state index in [9.17, 15) is 14.7 Å². The molecule has 0 fully saturated rings. The molecule has 2 N–H and O–H groups in total. The number of hydrogen-bond acceptors (Lipinski definition) is 3. The number of benzene rings is 1. The minimum atomic E-state index is -0.990. The number of allylic oxidation sites excluding steroid dienone is 3. The Kier molecular flexibility index (Phi) is 3.89. The van der Waals surface area contributed by atoms with Crippen LogP contribution < -0.4 is 5.43 Å². The molecule has 5 heteroatoms. The summed E-state index contributed by atoms with van der Waals surface area (Å²) in [6.45, 7) is 0. The van der Waals surface area contributed by atoms with E-state index < -0.39 is 12.0 Å². The minimum Gasteiger partial charge on any atom is -0.480 e. The molecule has 0 spiro atoms. The summed E-state index contributed by atoms with van der Waals surface area (Å²) >= 11 is 0. The lowest BCUT2D eigenvalue weighted by atomic mass is 9.97. The first-order valence-corrected chi connectivity index (χ1v) is 7.08. The molecule has 0 radical (unpaired) electrons. The van der Waals surface area contributed by atoms with Crippen molar-refractivity contribution in [3.63, 3.8) is 0 Å². The molecule has 112 valence electrons. The van der Waals surface area contributed by atoms with Gasteiger partial charge in [0.15, 0.2) is 0 Å². The third kappa shape index (κ3) is 2.84. The zero-order valence-corrected chi connectivity index (χ0v) is 11.8. The molecule has 0 bridgehead atoms. The fourth-order valence-electron chi connectivity index (χ4n) is 2.57. The van der Waals surface area contributed by atoms with Crippen molar-refractivity contribution in [2.24, 2.45) is 5.92 Å². The number of hydrogen-bond donors (Lipinski definition) is 2. The van der Waals surface area contributed by atoms with Gasteiger partial charge >= 0.3 is 5.97 Å². The molecule has 0 aromatic heterocycles. The Hall–Kier alpha value is -2.66. The Bertz CT molecular complexity index is 676. The van der Waals surface area contributed by atoms with Crippen LogP contribution in [0.1, 0.15) is 5.56 Å². The molecule has 2 atom stereocenters. The zero-order chi connectivity index (χ0) is 15.5. The maximum absolute atomic E-state index is 12.3. The number of carboxylic acid groups (broad SMARTS) is 1. The van der Waals surface area contributed by atoms with E-state index in [4.69, 9.17) is 0 Å². The Balaban J connectivity index is 1.73. The number of nitrogens with one attached hydrogen (secondary N) is 1. The molecule has 1 aliphatic heterocycles. The highest BCUT2D eigenvalue weighted by Crippen LogP contribution is 2.27. The quantitative estimate of drug-likeness (QED) is 0.867. The van der Waals surface area contributed by atoms with Crippen LogP contribution in [0.15, 0.2) is 66.4 Å². The van der Waals surface area contributed by atoms with E-state index in [0.29, 0.717) is 6.42 Å². The number of aliphatic carboxylic acids is 1. The van der Waals surface area contributed by atoms with Crippen LogP contribution in [0, 0.1) is 5.92 Å². The van der Waals surface area contributed by atoms with Gasteiger partial charge in [0.1, 0.15) is 6.04 Å². The fourth-order valence-corrected chi connectivity index (χ4v) is 2.57. The molecular weight excluding hydrogens is 280 g/mol. The number of fused-ring (bicyclic) bond motifs is 1. The molecular formula is C17H16N2O3. The fraction of sp³-hybridized carbons (Fsp3) is 0.176. The van der Waals surface area contributed by atoms with Crippen LogP contribution in [0.2, 0.25) is 0 Å². The number of carbonyl (C=O) groups excluding carboxylic acids is 1. The number of carboxylic acids is 1. The molecule has 5 nitrogen and oxygen atoms in total. The van der Waals surface area contributed by atoms with Crippen LogP contribution in [0.25, 0.3) is 0 Å². The summed E-state index contributed by atoms with van der Waals surface area (Å²) in [5, 5.41) is 10.7. The van der Waals surface area contributed by atoms with Crippen molar-refractivity contribution in [3.05, 3.63) is 72.0 Å². The summed E-state index contributed by atoms with van der Waals surface area (Å²) in [5.74, 6) is -1.46. The van der Waals surface area contributed by atoms with E-state index in [1.165, 1.54) is 5.01 Å². The van der Waals surface area contributed by atoms with Crippen LogP contribution in [0.5, 0.6) is 0 Å². The number of hydrazine groups is 1. The standard InChI is InChI=1S/C17H16N2O3/c20-16-14-9-5-4-8-13(14)11-19(16)18-15(17(21)22)10-12-6-2-1-3-7-12/h1-9,11,14-15,18H,10H2,(H,21,22)/t14?,15-/m0/s1. The first-order chi connectivity index (χ1) is 10.6. The average Bonchev–Trinajstić information content (AvgIpc) is 2.84. The summed E-state index contributed by atoms with van der Waals surface area (Å²) in [6, 6.07) is 8.48. The maximum Gasteiger partial charge on any atom is 0.322 e. The molecule has 1 aromatic rings. The van der Waals surface area contributed by atoms with Crippen LogP contribution in [0.3, 0.4) is 0 Å². The number of amides is 1. The van der Waals surface area contributed by atoms with Gasteiger partial charge < -0.3 is 5.11 Å². The second-order valence-electron chi connectivity index (χ2n) is 5.27. The Labute approximate surface area is 128 Å². The van der Waals surface area contributed by atoms with Crippen LogP contribution in [-0.4, -0.2) is 28.0 Å². The van der Waals surface area contributed by atoms with Crippen molar-refractivity contribution >= 4 is 11.9 Å². The summed E-state index contributed by atoms with van der Waals surface area (Å²) < 4.78 is 0. The van der Waals surface area contributed by atoms with Gasteiger partial charge in [-0.2, -0.15) is 0 Å². The van der Waals surface area contributed by atoms with Gasteiger partial charge in [-0.1, -0.05) is 54.6 Å². The molecule has 1 amide bonds. The molecule has 1 unspecified atom stereocenters. The third-order valence-corrected chi connectivity index (χ3v) is 3.72. The Morgan fingerprint density at radius 3 is 2.73 bits per heavy atom. The normalized spacial score (nSPS) is 20.7. The van der Waals surface area contributed by atoms with Crippen LogP contribution in [0.4, 0.5) is 0 Å². The highest BCUT2D eigenvalue weighted by Gasteiger charge is 2.33. The largest absolute Gasteiger partial charge is 0.480 e. The van der Waals surface area contributed by atoms with Gasteiger partial charge in [-0.05, 0) is 11.1 Å². The number of rotatable bonds is 5. The molecule has 0 saturated carbocycles. The molecule has 1 heterocycles. The molecule has 3 rings (SSSR count). The monoisotopic (exact) mass is 296 g/mol. The molecule has 22 heavy (non-hydrogen) atoms. The predicted molar refractivity (Wildman–Crippen MR) is 81.4 cm³/mol. The lowest BCUT2D eigenvalue weighted by Gasteiger charge is -2.22. The molecule has 1 aromatic carbocycles. The van der Waals surface area contributed by atoms with E-state index in [-0.39, 0.29) is 11.8 Å². The van der Waals surface area contributed by atoms with E-state index in [0.717, 1.165) is 11.1 Å². The Morgan fingerprint density at radius 2 is 2.05 bits per heavy atom. The van der Waals surface area contributed by atoms with Crippen molar-refractivity contribution in [3.8, 4) is 0 Å². The highest BCUT2D eigenvalue weighted by molar-refractivity contribution is 5.89. The van der Waals surface area contributed by atoms with Crippen molar-refractivity contribution < 1.29 is 14.7 Å². The van der Waals surface area contributed by atoms with E-state index in [1.54, 1.807) is 6.20 Å². The van der Waals surface area contributed by atoms with E-state index in [1.807, 2.05) is 54.6 Å². The Morgan fingerprint density at radius 1 is 1.27 bits per heavy atom. The highest BCUT2D eigenvalue weighted by atomic mass is 16.4. The summed E-state index contributed by atoms with van der Waals surface area (Å²) in [6.07, 6.45) is 9.31. The van der Waals surface area contributed by atoms with Crippen LogP contribution >= 0.6 is 0 Å². The predicted octanol–water partition coefficient (Wildman–Crippen LogP) is 1.66.